The van der Waals surface area contributed by atoms with Crippen LogP contribution in [0.4, 0.5) is 0 Å². The van der Waals surface area contributed by atoms with E-state index in [0.717, 1.165) is 32.2 Å². The van der Waals surface area contributed by atoms with Crippen LogP contribution in [0.3, 0.4) is 0 Å². The number of hydrogen-bond donors (Lipinski definition) is 0. The molecule has 0 unspecified atom stereocenters. The molecule has 1 aromatic carbocycles. The third-order valence-corrected chi connectivity index (χ3v) is 5.01. The van der Waals surface area contributed by atoms with Crippen molar-refractivity contribution in [1.29, 1.82) is 0 Å². The van der Waals surface area contributed by atoms with Gasteiger partial charge in [-0.1, -0.05) is 29.8 Å². The van der Waals surface area contributed by atoms with Gasteiger partial charge in [-0.3, -0.25) is 9.80 Å². The van der Waals surface area contributed by atoms with Gasteiger partial charge in [0.15, 0.2) is 0 Å². The second kappa shape index (κ2) is 6.91. The molecule has 3 nitrogen and oxygen atoms in total. The minimum atomic E-state index is 0.541. The van der Waals surface area contributed by atoms with Crippen LogP contribution in [0.25, 0.3) is 0 Å². The topological polar surface area (TPSA) is 15.7 Å². The normalized spacial score (nSPS) is 26.1. The van der Waals surface area contributed by atoms with Crippen LogP contribution in [0.5, 0.6) is 0 Å². The third-order valence-electron chi connectivity index (χ3n) is 5.01. The zero-order chi connectivity index (χ0) is 14.7. The number of morpholine rings is 1. The van der Waals surface area contributed by atoms with Crippen molar-refractivity contribution in [2.45, 2.75) is 26.3 Å². The Morgan fingerprint density at radius 1 is 1.24 bits per heavy atom. The van der Waals surface area contributed by atoms with Crippen molar-refractivity contribution >= 4 is 0 Å². The summed E-state index contributed by atoms with van der Waals surface area (Å²) in [5.74, 6) is 0.829. The lowest BCUT2D eigenvalue weighted by Crippen LogP contribution is -2.40. The van der Waals surface area contributed by atoms with Crippen LogP contribution in [-0.4, -0.2) is 55.7 Å². The number of ether oxygens (including phenoxy) is 1. The van der Waals surface area contributed by atoms with Crippen LogP contribution in [0.15, 0.2) is 24.3 Å². The molecule has 0 amide bonds. The van der Waals surface area contributed by atoms with Gasteiger partial charge >= 0.3 is 0 Å². The molecular weight excluding hydrogens is 260 g/mol. The van der Waals surface area contributed by atoms with E-state index in [0.29, 0.717) is 6.04 Å². The monoisotopic (exact) mass is 288 g/mol. The first-order valence-corrected chi connectivity index (χ1v) is 8.33. The van der Waals surface area contributed by atoms with Crippen molar-refractivity contribution < 1.29 is 4.74 Å². The van der Waals surface area contributed by atoms with E-state index < -0.39 is 0 Å². The number of hydrogen-bond acceptors (Lipinski definition) is 3. The first-order valence-electron chi connectivity index (χ1n) is 8.33. The summed E-state index contributed by atoms with van der Waals surface area (Å²) >= 11 is 0. The summed E-state index contributed by atoms with van der Waals surface area (Å²) in [7, 11) is 0. The first-order chi connectivity index (χ1) is 10.2. The molecule has 1 aromatic rings. The van der Waals surface area contributed by atoms with Crippen molar-refractivity contribution in [3.63, 3.8) is 0 Å². The fourth-order valence-electron chi connectivity index (χ4n) is 3.65. The van der Waals surface area contributed by atoms with Gasteiger partial charge in [0.1, 0.15) is 0 Å². The lowest BCUT2D eigenvalue weighted by molar-refractivity contribution is 0.0309. The van der Waals surface area contributed by atoms with E-state index >= 15 is 0 Å². The molecule has 0 saturated carbocycles. The predicted octanol–water partition coefficient (Wildman–Crippen LogP) is 2.71. The molecule has 0 N–H and O–H groups in total. The molecule has 0 aromatic heterocycles. The van der Waals surface area contributed by atoms with Gasteiger partial charge in [0.05, 0.1) is 13.2 Å². The summed E-state index contributed by atoms with van der Waals surface area (Å²) in [6.07, 6.45) is 1.34. The van der Waals surface area contributed by atoms with E-state index in [1.807, 2.05) is 0 Å². The highest BCUT2D eigenvalue weighted by Crippen LogP contribution is 2.28. The quantitative estimate of drug-likeness (QED) is 0.847. The zero-order valence-electron chi connectivity index (χ0n) is 13.4. The highest BCUT2D eigenvalue weighted by Gasteiger charge is 2.28. The Hall–Kier alpha value is -0.900. The molecule has 21 heavy (non-hydrogen) atoms. The summed E-state index contributed by atoms with van der Waals surface area (Å²) in [6, 6.07) is 9.51. The molecule has 2 aliphatic rings. The molecule has 2 fully saturated rings. The molecule has 0 bridgehead atoms. The smallest absolute Gasteiger partial charge is 0.0594 e. The molecule has 3 heteroatoms. The summed E-state index contributed by atoms with van der Waals surface area (Å²) in [5, 5.41) is 0. The van der Waals surface area contributed by atoms with Gasteiger partial charge < -0.3 is 4.74 Å². The van der Waals surface area contributed by atoms with Gasteiger partial charge in [0, 0.05) is 32.2 Å². The van der Waals surface area contributed by atoms with Crippen LogP contribution in [0, 0.1) is 12.8 Å². The van der Waals surface area contributed by atoms with Crippen molar-refractivity contribution in [3.05, 3.63) is 35.4 Å². The van der Waals surface area contributed by atoms with E-state index in [-0.39, 0.29) is 0 Å². The predicted molar refractivity (Wildman–Crippen MR) is 86.5 cm³/mol. The average molecular weight is 288 g/mol. The van der Waals surface area contributed by atoms with E-state index in [9.17, 15) is 0 Å². The fourth-order valence-corrected chi connectivity index (χ4v) is 3.65. The molecule has 0 spiro atoms. The molecule has 0 radical (unpaired) electrons. The van der Waals surface area contributed by atoms with E-state index in [1.54, 1.807) is 0 Å². The Bertz CT molecular complexity index is 456. The highest BCUT2D eigenvalue weighted by molar-refractivity contribution is 5.24. The summed E-state index contributed by atoms with van der Waals surface area (Å²) < 4.78 is 5.44. The third kappa shape index (κ3) is 3.85. The summed E-state index contributed by atoms with van der Waals surface area (Å²) in [4.78, 5) is 5.23. The number of benzene rings is 1. The van der Waals surface area contributed by atoms with Gasteiger partial charge in [-0.05, 0) is 38.3 Å². The second-order valence-electron chi connectivity index (χ2n) is 6.65. The maximum atomic E-state index is 5.44. The standard InChI is InChI=1S/C18H28N2O/c1-15-4-3-5-18(12-15)16(2)20-7-6-17(14-20)13-19-8-10-21-11-9-19/h3-5,12,16-17H,6-11,13-14H2,1-2H3/t16-,17+/m0/s1. The van der Waals surface area contributed by atoms with Gasteiger partial charge in [-0.25, -0.2) is 0 Å². The van der Waals surface area contributed by atoms with Gasteiger partial charge in [0.2, 0.25) is 0 Å². The number of nitrogens with zero attached hydrogens (tertiary/aromatic N) is 2. The molecule has 2 atom stereocenters. The molecule has 2 saturated heterocycles. The Balaban J connectivity index is 1.53. The number of aryl methyl sites for hydroxylation is 1. The molecule has 116 valence electrons. The fraction of sp³-hybridized carbons (Fsp3) is 0.667. The zero-order valence-corrected chi connectivity index (χ0v) is 13.4. The lowest BCUT2D eigenvalue weighted by Gasteiger charge is -2.30. The van der Waals surface area contributed by atoms with Crippen LogP contribution in [-0.2, 0) is 4.74 Å². The first kappa shape index (κ1) is 15.0. The molecular formula is C18H28N2O. The molecule has 2 heterocycles. The Morgan fingerprint density at radius 3 is 2.81 bits per heavy atom. The minimum absolute atomic E-state index is 0.541. The maximum Gasteiger partial charge on any atom is 0.0594 e. The minimum Gasteiger partial charge on any atom is -0.379 e. The Kier molecular flexibility index (Phi) is 4.94. The highest BCUT2D eigenvalue weighted by atomic mass is 16.5. The van der Waals surface area contributed by atoms with Crippen molar-refractivity contribution in [3.8, 4) is 0 Å². The van der Waals surface area contributed by atoms with Crippen molar-refractivity contribution in [1.82, 2.24) is 9.80 Å². The molecule has 2 aliphatic heterocycles. The molecule has 3 rings (SSSR count). The average Bonchev–Trinajstić information content (AvgIpc) is 2.96. The second-order valence-corrected chi connectivity index (χ2v) is 6.65. The Morgan fingerprint density at radius 2 is 2.05 bits per heavy atom. The van der Waals surface area contributed by atoms with E-state index in [2.05, 4.69) is 47.9 Å². The van der Waals surface area contributed by atoms with Gasteiger partial charge in [-0.15, -0.1) is 0 Å². The lowest BCUT2D eigenvalue weighted by atomic mass is 10.0. The van der Waals surface area contributed by atoms with Crippen molar-refractivity contribution in [2.24, 2.45) is 5.92 Å². The van der Waals surface area contributed by atoms with Crippen LogP contribution in [0.2, 0.25) is 0 Å². The van der Waals surface area contributed by atoms with Crippen molar-refractivity contribution in [2.75, 3.05) is 45.9 Å². The largest absolute Gasteiger partial charge is 0.379 e. The van der Waals surface area contributed by atoms with Gasteiger partial charge in [-0.2, -0.15) is 0 Å². The van der Waals surface area contributed by atoms with Crippen LogP contribution < -0.4 is 0 Å². The molecule has 0 aliphatic carbocycles. The van der Waals surface area contributed by atoms with Crippen LogP contribution >= 0.6 is 0 Å². The number of likely N-dealkylation sites (tertiary alicyclic amines) is 1. The summed E-state index contributed by atoms with van der Waals surface area (Å²) in [5.41, 5.74) is 2.82. The SMILES string of the molecule is Cc1cccc([C@H](C)N2CC[C@H](CN3CCOCC3)C2)c1. The van der Waals surface area contributed by atoms with E-state index in [4.69, 9.17) is 4.74 Å². The van der Waals surface area contributed by atoms with Crippen LogP contribution in [0.1, 0.15) is 30.5 Å². The Labute approximate surface area is 128 Å². The summed E-state index contributed by atoms with van der Waals surface area (Å²) in [6.45, 7) is 12.3. The number of rotatable bonds is 4. The van der Waals surface area contributed by atoms with E-state index in [1.165, 1.54) is 37.2 Å². The van der Waals surface area contributed by atoms with Gasteiger partial charge in [0.25, 0.3) is 0 Å². The maximum absolute atomic E-state index is 5.44.